The van der Waals surface area contributed by atoms with E-state index in [9.17, 15) is 0 Å². The Hall–Kier alpha value is -0.0500. The molecule has 0 rings (SSSR count). The van der Waals surface area contributed by atoms with Crippen molar-refractivity contribution in [1.82, 2.24) is 0 Å². The van der Waals surface area contributed by atoms with E-state index < -0.39 is 0 Å². The normalized spacial score (nSPS) is 13.2. The topological polar surface area (TPSA) is 46.2 Å². The number of hydrogen-bond donors (Lipinski definition) is 2. The van der Waals surface area contributed by atoms with Gasteiger partial charge in [0.15, 0.2) is 0 Å². The quantitative estimate of drug-likeness (QED) is 0.584. The summed E-state index contributed by atoms with van der Waals surface area (Å²) in [5.41, 5.74) is 5.36. The van der Waals surface area contributed by atoms with Crippen molar-refractivity contribution in [2.24, 2.45) is 5.73 Å². The molecule has 0 radical (unpaired) electrons. The van der Waals surface area contributed by atoms with E-state index in [1.807, 2.05) is 19.1 Å². The Morgan fingerprint density at radius 3 is 2.56 bits per heavy atom. The van der Waals surface area contributed by atoms with Gasteiger partial charge in [0.05, 0.1) is 6.61 Å². The third-order valence-electron chi connectivity index (χ3n) is 0.909. The first-order valence-corrected chi connectivity index (χ1v) is 2.78. The van der Waals surface area contributed by atoms with Crippen LogP contribution in [-0.2, 0) is 0 Å². The number of hydrogen-bond acceptors (Lipinski definition) is 2. The van der Waals surface area contributed by atoms with Crippen molar-refractivity contribution in [1.29, 1.82) is 0 Å². The van der Waals surface area contributed by atoms with E-state index in [-0.39, 0.29) is 25.1 Å². The molecule has 0 aromatic heterocycles. The van der Waals surface area contributed by atoms with E-state index in [1.54, 1.807) is 0 Å². The van der Waals surface area contributed by atoms with Gasteiger partial charge in [-0.05, 0) is 13.3 Å². The molecular weight excluding hydrogens is 138 g/mol. The highest BCUT2D eigenvalue weighted by atomic mass is 35.5. The standard InChI is InChI=1S/C6H13NO.ClH/c1-2-3-4-6(7)5-8;/h2-3,6,8H,4-5,7H2,1H3;1H/b3-2+;. The van der Waals surface area contributed by atoms with Gasteiger partial charge in [0.2, 0.25) is 0 Å². The molecule has 0 aliphatic heterocycles. The first kappa shape index (κ1) is 11.7. The van der Waals surface area contributed by atoms with Crippen molar-refractivity contribution in [2.45, 2.75) is 19.4 Å². The van der Waals surface area contributed by atoms with E-state index >= 15 is 0 Å². The zero-order valence-corrected chi connectivity index (χ0v) is 6.40. The fraction of sp³-hybridized carbons (Fsp3) is 0.667. The Labute approximate surface area is 62.2 Å². The lowest BCUT2D eigenvalue weighted by molar-refractivity contribution is 0.266. The molecule has 0 fully saturated rings. The van der Waals surface area contributed by atoms with E-state index in [1.165, 1.54) is 0 Å². The van der Waals surface area contributed by atoms with Gasteiger partial charge in [-0.2, -0.15) is 0 Å². The molecule has 0 aliphatic carbocycles. The number of halogens is 1. The second-order valence-electron chi connectivity index (χ2n) is 1.75. The van der Waals surface area contributed by atoms with Gasteiger partial charge in [0.1, 0.15) is 0 Å². The maximum atomic E-state index is 8.40. The van der Waals surface area contributed by atoms with E-state index in [2.05, 4.69) is 0 Å². The molecule has 2 nitrogen and oxygen atoms in total. The van der Waals surface area contributed by atoms with Crippen LogP contribution in [0.4, 0.5) is 0 Å². The minimum atomic E-state index is -0.0776. The monoisotopic (exact) mass is 151 g/mol. The molecule has 3 heteroatoms. The summed E-state index contributed by atoms with van der Waals surface area (Å²) >= 11 is 0. The predicted molar refractivity (Wildman–Crippen MR) is 41.7 cm³/mol. The highest BCUT2D eigenvalue weighted by Gasteiger charge is 1.92. The number of aliphatic hydroxyl groups excluding tert-OH is 1. The van der Waals surface area contributed by atoms with Gasteiger partial charge in [0, 0.05) is 6.04 Å². The van der Waals surface area contributed by atoms with Crippen LogP contribution in [0.15, 0.2) is 12.2 Å². The molecule has 0 aromatic carbocycles. The third kappa shape index (κ3) is 7.95. The van der Waals surface area contributed by atoms with Gasteiger partial charge >= 0.3 is 0 Å². The van der Waals surface area contributed by atoms with Gasteiger partial charge < -0.3 is 10.8 Å². The molecule has 9 heavy (non-hydrogen) atoms. The maximum absolute atomic E-state index is 8.40. The van der Waals surface area contributed by atoms with Crippen molar-refractivity contribution < 1.29 is 5.11 Å². The largest absolute Gasteiger partial charge is 0.395 e. The predicted octanol–water partition coefficient (Wildman–Crippen LogP) is 0.694. The zero-order valence-electron chi connectivity index (χ0n) is 5.58. The van der Waals surface area contributed by atoms with Crippen LogP contribution in [-0.4, -0.2) is 17.8 Å². The minimum Gasteiger partial charge on any atom is -0.395 e. The summed E-state index contributed by atoms with van der Waals surface area (Å²) in [7, 11) is 0. The van der Waals surface area contributed by atoms with Gasteiger partial charge in [-0.25, -0.2) is 0 Å². The second kappa shape index (κ2) is 7.95. The summed E-state index contributed by atoms with van der Waals surface area (Å²) < 4.78 is 0. The van der Waals surface area contributed by atoms with Gasteiger partial charge in [0.25, 0.3) is 0 Å². The Bertz CT molecular complexity index is 75.5. The third-order valence-corrected chi connectivity index (χ3v) is 0.909. The Morgan fingerprint density at radius 2 is 2.22 bits per heavy atom. The first-order valence-electron chi connectivity index (χ1n) is 2.78. The number of nitrogens with two attached hydrogens (primary N) is 1. The lowest BCUT2D eigenvalue weighted by atomic mass is 10.2. The zero-order chi connectivity index (χ0) is 6.41. The summed E-state index contributed by atoms with van der Waals surface area (Å²) in [6.45, 7) is 2.01. The summed E-state index contributed by atoms with van der Waals surface area (Å²) in [5.74, 6) is 0. The average Bonchev–Trinajstić information content (AvgIpc) is 1.83. The molecule has 56 valence electrons. The highest BCUT2D eigenvalue weighted by Crippen LogP contribution is 1.86. The Kier molecular flexibility index (Phi) is 10.3. The first-order chi connectivity index (χ1) is 3.81. The number of aliphatic hydroxyl groups is 1. The van der Waals surface area contributed by atoms with Crippen LogP contribution in [0.2, 0.25) is 0 Å². The molecule has 1 unspecified atom stereocenters. The molecule has 0 saturated heterocycles. The van der Waals surface area contributed by atoms with Gasteiger partial charge in [-0.3, -0.25) is 0 Å². The molecule has 0 bridgehead atoms. The van der Waals surface area contributed by atoms with Crippen LogP contribution in [0, 0.1) is 0 Å². The van der Waals surface area contributed by atoms with Gasteiger partial charge in [-0.15, -0.1) is 12.4 Å². The number of rotatable bonds is 3. The van der Waals surface area contributed by atoms with E-state index in [0.29, 0.717) is 0 Å². The molecule has 0 amide bonds. The Morgan fingerprint density at radius 1 is 1.67 bits per heavy atom. The lowest BCUT2D eigenvalue weighted by Crippen LogP contribution is -2.22. The number of allylic oxidation sites excluding steroid dienone is 1. The van der Waals surface area contributed by atoms with Crippen LogP contribution >= 0.6 is 12.4 Å². The smallest absolute Gasteiger partial charge is 0.0585 e. The van der Waals surface area contributed by atoms with Crippen LogP contribution in [0.1, 0.15) is 13.3 Å². The van der Waals surface area contributed by atoms with Crippen LogP contribution in [0.25, 0.3) is 0 Å². The molecule has 0 saturated carbocycles. The molecule has 0 heterocycles. The van der Waals surface area contributed by atoms with Crippen LogP contribution in [0.5, 0.6) is 0 Å². The van der Waals surface area contributed by atoms with Crippen molar-refractivity contribution in [3.05, 3.63) is 12.2 Å². The van der Waals surface area contributed by atoms with Crippen molar-refractivity contribution in [3.8, 4) is 0 Å². The van der Waals surface area contributed by atoms with Crippen LogP contribution in [0.3, 0.4) is 0 Å². The summed E-state index contributed by atoms with van der Waals surface area (Å²) in [4.78, 5) is 0. The van der Waals surface area contributed by atoms with Crippen molar-refractivity contribution >= 4 is 12.4 Å². The SMILES string of the molecule is C/C=C/CC(N)CO.Cl. The van der Waals surface area contributed by atoms with E-state index in [0.717, 1.165) is 6.42 Å². The molecule has 3 N–H and O–H groups in total. The molecule has 1 atom stereocenters. The maximum Gasteiger partial charge on any atom is 0.0585 e. The summed E-state index contributed by atoms with van der Waals surface area (Å²) in [6, 6.07) is -0.0776. The minimum absolute atomic E-state index is 0. The second-order valence-corrected chi connectivity index (χ2v) is 1.75. The Balaban J connectivity index is 0. The van der Waals surface area contributed by atoms with Crippen molar-refractivity contribution in [2.75, 3.05) is 6.61 Å². The fourth-order valence-corrected chi connectivity index (χ4v) is 0.385. The van der Waals surface area contributed by atoms with E-state index in [4.69, 9.17) is 10.8 Å². The highest BCUT2D eigenvalue weighted by molar-refractivity contribution is 5.85. The molecule has 0 aliphatic rings. The van der Waals surface area contributed by atoms with Gasteiger partial charge in [-0.1, -0.05) is 12.2 Å². The van der Waals surface area contributed by atoms with Crippen LogP contribution < -0.4 is 5.73 Å². The average molecular weight is 152 g/mol. The summed E-state index contributed by atoms with van der Waals surface area (Å²) in [5, 5.41) is 8.40. The fourth-order valence-electron chi connectivity index (χ4n) is 0.385. The molecule has 0 spiro atoms. The lowest BCUT2D eigenvalue weighted by Gasteiger charge is -2.00. The van der Waals surface area contributed by atoms with Crippen molar-refractivity contribution in [3.63, 3.8) is 0 Å². The summed E-state index contributed by atoms with van der Waals surface area (Å²) in [6.07, 6.45) is 4.64. The molecular formula is C6H14ClNO. The molecule has 0 aromatic rings.